The van der Waals surface area contributed by atoms with Crippen LogP contribution in [0.15, 0.2) is 109 Å². The molecule has 1 aliphatic rings. The molecule has 0 aliphatic heterocycles. The zero-order valence-corrected chi connectivity index (χ0v) is 23.3. The average molecular weight is 679 g/mol. The van der Waals surface area contributed by atoms with Crippen LogP contribution in [0, 0.1) is 11.9 Å². The van der Waals surface area contributed by atoms with E-state index < -0.39 is 0 Å². The van der Waals surface area contributed by atoms with Gasteiger partial charge in [-0.15, -0.1) is 23.8 Å². The predicted octanol–water partition coefficient (Wildman–Crippen LogP) is 7.95. The third-order valence-electron chi connectivity index (χ3n) is 6.67. The number of benzene rings is 4. The largest absolute Gasteiger partial charge is 0.507 e. The minimum Gasteiger partial charge on any atom is -0.507 e. The molecule has 38 heavy (non-hydrogen) atoms. The minimum absolute atomic E-state index is 0. The fraction of sp³-hybridized carbons (Fsp3) is 0.0909. The number of hydrogen-bond donors (Lipinski definition) is 1. The Kier molecular flexibility index (Phi) is 8.01. The molecule has 1 aliphatic carbocycles. The van der Waals surface area contributed by atoms with Crippen LogP contribution in [0.25, 0.3) is 27.8 Å². The predicted molar refractivity (Wildman–Crippen MR) is 146 cm³/mol. The number of fused-ring (bicyclic) bond motifs is 2. The first-order chi connectivity index (χ1) is 17.9. The van der Waals surface area contributed by atoms with Crippen LogP contribution >= 0.6 is 0 Å². The van der Waals surface area contributed by atoms with Crippen molar-refractivity contribution in [3.8, 4) is 11.3 Å². The summed E-state index contributed by atoms with van der Waals surface area (Å²) in [6.45, 7) is 4.13. The van der Waals surface area contributed by atoms with Gasteiger partial charge in [0.05, 0.1) is 0 Å². The molecule has 5 heteroatoms. The molecule has 0 atom stereocenters. The van der Waals surface area contributed by atoms with E-state index in [4.69, 9.17) is 0 Å². The Hall–Kier alpha value is -3.92. The molecule has 1 aromatic heterocycles. The molecular formula is C33H25FIrNO2-. The van der Waals surface area contributed by atoms with E-state index in [0.717, 1.165) is 27.6 Å². The van der Waals surface area contributed by atoms with Crippen LogP contribution in [0.5, 0.6) is 0 Å². The Morgan fingerprint density at radius 2 is 1.55 bits per heavy atom. The van der Waals surface area contributed by atoms with Gasteiger partial charge in [-0.05, 0) is 33.5 Å². The number of aromatic nitrogens is 1. The van der Waals surface area contributed by atoms with Crippen LogP contribution in [-0.2, 0) is 25.5 Å². The van der Waals surface area contributed by atoms with Crippen LogP contribution in [0.1, 0.15) is 40.9 Å². The van der Waals surface area contributed by atoms with Crippen molar-refractivity contribution < 1.29 is 34.4 Å². The topological polar surface area (TPSA) is 50.2 Å². The molecule has 0 spiro atoms. The second-order valence-electron chi connectivity index (χ2n) is 9.39. The molecule has 1 radical (unpaired) electrons. The van der Waals surface area contributed by atoms with E-state index in [9.17, 15) is 14.3 Å². The molecule has 191 valence electrons. The van der Waals surface area contributed by atoms with Crippen molar-refractivity contribution in [3.63, 3.8) is 0 Å². The van der Waals surface area contributed by atoms with E-state index >= 15 is 0 Å². The van der Waals surface area contributed by atoms with Crippen LogP contribution in [0.2, 0.25) is 0 Å². The first kappa shape index (κ1) is 27.1. The second-order valence-corrected chi connectivity index (χ2v) is 9.39. The monoisotopic (exact) mass is 679 g/mol. The quantitative estimate of drug-likeness (QED) is 0.0913. The molecule has 0 saturated carbocycles. The number of ketones is 1. The molecule has 1 heterocycles. The summed E-state index contributed by atoms with van der Waals surface area (Å²) in [4.78, 5) is 16.3. The van der Waals surface area contributed by atoms with E-state index in [1.807, 2.05) is 36.4 Å². The molecule has 0 fully saturated rings. The molecule has 0 amide bonds. The third-order valence-corrected chi connectivity index (χ3v) is 6.67. The van der Waals surface area contributed by atoms with Gasteiger partial charge < -0.3 is 10.1 Å². The molecule has 5 aromatic rings. The van der Waals surface area contributed by atoms with Gasteiger partial charge in [0.1, 0.15) is 5.76 Å². The number of carbonyl (C=O) groups excluding carboxylic acids is 1. The van der Waals surface area contributed by atoms with Gasteiger partial charge in [-0.3, -0.25) is 4.79 Å². The second kappa shape index (κ2) is 11.2. The van der Waals surface area contributed by atoms with E-state index in [1.165, 1.54) is 12.1 Å². The van der Waals surface area contributed by atoms with Gasteiger partial charge in [0.25, 0.3) is 0 Å². The summed E-state index contributed by atoms with van der Waals surface area (Å²) in [5.41, 5.74) is 4.27. The number of halogens is 1. The number of aliphatic hydroxyl groups is 1. The maximum Gasteiger partial charge on any atom is 0.189 e. The molecule has 4 aromatic carbocycles. The van der Waals surface area contributed by atoms with Crippen molar-refractivity contribution in [1.82, 2.24) is 4.98 Å². The number of aliphatic hydroxyl groups excluding tert-OH is 1. The van der Waals surface area contributed by atoms with E-state index in [1.54, 1.807) is 48.7 Å². The molecule has 6 rings (SSSR count). The first-order valence-electron chi connectivity index (χ1n) is 12.0. The fourth-order valence-corrected chi connectivity index (χ4v) is 4.85. The molecule has 1 N–H and O–H groups in total. The van der Waals surface area contributed by atoms with E-state index in [-0.39, 0.29) is 42.9 Å². The van der Waals surface area contributed by atoms with E-state index in [2.05, 4.69) is 37.0 Å². The number of rotatable bonds is 3. The summed E-state index contributed by atoms with van der Waals surface area (Å²) in [7, 11) is 0. The number of hydrogen-bond acceptors (Lipinski definition) is 3. The normalized spacial score (nSPS) is 13.0. The van der Waals surface area contributed by atoms with Crippen LogP contribution in [0.3, 0.4) is 0 Å². The smallest absolute Gasteiger partial charge is 0.189 e. The van der Waals surface area contributed by atoms with Crippen molar-refractivity contribution in [2.45, 2.75) is 19.3 Å². The van der Waals surface area contributed by atoms with Gasteiger partial charge in [-0.25, -0.2) is 4.39 Å². The number of nitrogens with zero attached hydrogens (tertiary/aromatic N) is 1. The summed E-state index contributed by atoms with van der Waals surface area (Å²) in [5.74, 6) is -0.400. The van der Waals surface area contributed by atoms with Crippen molar-refractivity contribution in [1.29, 1.82) is 0 Å². The van der Waals surface area contributed by atoms with Gasteiger partial charge in [0, 0.05) is 49.3 Å². The van der Waals surface area contributed by atoms with Gasteiger partial charge >= 0.3 is 0 Å². The average Bonchev–Trinajstić information content (AvgIpc) is 2.93. The molecule has 0 saturated heterocycles. The summed E-state index contributed by atoms with van der Waals surface area (Å²) in [6, 6.07) is 32.3. The molecule has 0 bridgehead atoms. The van der Waals surface area contributed by atoms with Crippen molar-refractivity contribution in [3.05, 3.63) is 143 Å². The Labute approximate surface area is 235 Å². The summed E-state index contributed by atoms with van der Waals surface area (Å²) in [6.07, 6.45) is 3.02. The Morgan fingerprint density at radius 1 is 0.895 bits per heavy atom. The van der Waals surface area contributed by atoms with Gasteiger partial charge in [0.2, 0.25) is 0 Å². The zero-order valence-electron chi connectivity index (χ0n) is 20.9. The standard InChI is InChI=1S/C18H13FN.C15H12O2.Ir/c1-18(2)13-7-3-5-11-9-10-20-17(15(11)13)12-6-4-8-14(19)16(12)18;16-14(12-7-3-1-4-8-12)11-15(17)13-9-5-2-6-10-13;/h3-5,7-10H,1-2H3;1-11,16H;/q-1;;. The third kappa shape index (κ3) is 5.08. The molecule has 0 unspecified atom stereocenters. The van der Waals surface area contributed by atoms with Crippen LogP contribution in [-0.4, -0.2) is 15.9 Å². The van der Waals surface area contributed by atoms with Crippen LogP contribution in [0.4, 0.5) is 4.39 Å². The fourth-order valence-electron chi connectivity index (χ4n) is 4.85. The number of allylic oxidation sites excluding steroid dienone is 1. The minimum atomic E-state index is -0.382. The maximum absolute atomic E-state index is 14.4. The Bertz CT molecular complexity index is 1620. The number of pyridine rings is 1. The molecule has 3 nitrogen and oxygen atoms in total. The first-order valence-corrected chi connectivity index (χ1v) is 12.0. The Balaban J connectivity index is 0.000000175. The van der Waals surface area contributed by atoms with Crippen molar-refractivity contribution in [2.75, 3.05) is 0 Å². The zero-order chi connectivity index (χ0) is 26.0. The Morgan fingerprint density at radius 3 is 2.24 bits per heavy atom. The van der Waals surface area contributed by atoms with Gasteiger partial charge in [-0.2, -0.15) is 0 Å². The number of carbonyl (C=O) groups is 1. The van der Waals surface area contributed by atoms with Crippen molar-refractivity contribution in [2.24, 2.45) is 0 Å². The maximum atomic E-state index is 14.4. The SMILES string of the molecule is CC1(C)c2c([c-]ccc2F)-c2nccc3cccc1c23.O=C(C=C(O)c1ccccc1)c1ccccc1.[Ir]. The molecular weight excluding hydrogens is 654 g/mol. The van der Waals surface area contributed by atoms with E-state index in [0.29, 0.717) is 16.7 Å². The van der Waals surface area contributed by atoms with Gasteiger partial charge in [-0.1, -0.05) is 98.3 Å². The summed E-state index contributed by atoms with van der Waals surface area (Å²) < 4.78 is 14.4. The van der Waals surface area contributed by atoms with Gasteiger partial charge in [0.15, 0.2) is 5.78 Å². The summed E-state index contributed by atoms with van der Waals surface area (Å²) in [5, 5.41) is 12.1. The summed E-state index contributed by atoms with van der Waals surface area (Å²) >= 11 is 0. The van der Waals surface area contributed by atoms with Crippen molar-refractivity contribution >= 4 is 22.3 Å². The van der Waals surface area contributed by atoms with Crippen LogP contribution < -0.4 is 0 Å².